The van der Waals surface area contributed by atoms with Crippen LogP contribution in [-0.4, -0.2) is 0 Å². The minimum atomic E-state index is 0.246. The van der Waals surface area contributed by atoms with E-state index in [-0.39, 0.29) is 5.41 Å². The van der Waals surface area contributed by atoms with Crippen molar-refractivity contribution < 1.29 is 0 Å². The van der Waals surface area contributed by atoms with Crippen LogP contribution in [0.1, 0.15) is 78.4 Å². The Balaban J connectivity index is 2.88. The number of hydrogen-bond acceptors (Lipinski definition) is 0. The second-order valence-electron chi connectivity index (χ2n) is 7.17. The van der Waals surface area contributed by atoms with Crippen LogP contribution in [-0.2, 0) is 10.8 Å². The maximum Gasteiger partial charge on any atom is -0.0103 e. The molecule has 0 heterocycles. The quantitative estimate of drug-likeness (QED) is 0.572. The molecule has 0 aliphatic heterocycles. The van der Waals surface area contributed by atoms with Crippen LogP contribution < -0.4 is 0 Å². The summed E-state index contributed by atoms with van der Waals surface area (Å²) >= 11 is 0. The van der Waals surface area contributed by atoms with Gasteiger partial charge < -0.3 is 0 Å². The molecule has 1 rings (SSSR count). The van der Waals surface area contributed by atoms with Gasteiger partial charge in [-0.1, -0.05) is 85.1 Å². The van der Waals surface area contributed by atoms with Crippen LogP contribution in [0.3, 0.4) is 0 Å². The lowest BCUT2D eigenvalue weighted by Crippen LogP contribution is -2.19. The van der Waals surface area contributed by atoms with Crippen molar-refractivity contribution in [3.63, 3.8) is 0 Å². The molecule has 0 radical (unpaired) electrons. The topological polar surface area (TPSA) is 0 Å². The second-order valence-corrected chi connectivity index (χ2v) is 7.17. The fourth-order valence-electron chi connectivity index (χ4n) is 2.37. The van der Waals surface area contributed by atoms with Crippen molar-refractivity contribution in [2.75, 3.05) is 0 Å². The van der Waals surface area contributed by atoms with Gasteiger partial charge in [0.15, 0.2) is 0 Å². The zero-order valence-corrected chi connectivity index (χ0v) is 13.1. The highest BCUT2D eigenvalue weighted by Crippen LogP contribution is 2.32. The van der Waals surface area contributed by atoms with E-state index in [1.165, 1.54) is 36.8 Å². The molecule has 0 nitrogen and oxygen atoms in total. The molecular formula is C18H30. The molecule has 0 fully saturated rings. The predicted octanol–water partition coefficient (Wildman–Crippen LogP) is 5.84. The second kappa shape index (κ2) is 5.91. The highest BCUT2D eigenvalue weighted by atomic mass is 14.3. The van der Waals surface area contributed by atoms with Gasteiger partial charge >= 0.3 is 0 Å². The molecule has 0 saturated carbocycles. The number of hydrogen-bond donors (Lipinski definition) is 0. The van der Waals surface area contributed by atoms with Crippen LogP contribution in [0.25, 0.3) is 0 Å². The summed E-state index contributed by atoms with van der Waals surface area (Å²) in [4.78, 5) is 0. The maximum atomic E-state index is 2.41. The zero-order valence-electron chi connectivity index (χ0n) is 13.1. The number of benzene rings is 1. The summed E-state index contributed by atoms with van der Waals surface area (Å²) in [6.07, 6.45) is 5.28. The van der Waals surface area contributed by atoms with Gasteiger partial charge in [-0.05, 0) is 28.4 Å². The first-order chi connectivity index (χ1) is 8.27. The fourth-order valence-corrected chi connectivity index (χ4v) is 2.37. The lowest BCUT2D eigenvalue weighted by molar-refractivity contribution is 0.448. The zero-order chi connectivity index (χ0) is 13.8. The van der Waals surface area contributed by atoms with Gasteiger partial charge in [-0.15, -0.1) is 0 Å². The Bertz CT molecular complexity index is 366. The Morgan fingerprint density at radius 3 is 2.06 bits per heavy atom. The van der Waals surface area contributed by atoms with Crippen molar-refractivity contribution in [3.05, 3.63) is 35.4 Å². The van der Waals surface area contributed by atoms with Crippen LogP contribution in [0.2, 0.25) is 0 Å². The first-order valence-corrected chi connectivity index (χ1v) is 7.38. The van der Waals surface area contributed by atoms with Crippen molar-refractivity contribution >= 4 is 0 Å². The minimum Gasteiger partial charge on any atom is -0.0654 e. The summed E-state index contributed by atoms with van der Waals surface area (Å²) < 4.78 is 0. The van der Waals surface area contributed by atoms with E-state index in [1.807, 2.05) is 0 Å². The largest absolute Gasteiger partial charge is 0.0654 e. The third kappa shape index (κ3) is 4.15. The van der Waals surface area contributed by atoms with Crippen LogP contribution in [0.5, 0.6) is 0 Å². The van der Waals surface area contributed by atoms with Gasteiger partial charge in [-0.2, -0.15) is 0 Å². The first-order valence-electron chi connectivity index (χ1n) is 7.38. The smallest absolute Gasteiger partial charge is 0.0103 e. The van der Waals surface area contributed by atoms with Crippen LogP contribution in [0.4, 0.5) is 0 Å². The molecule has 18 heavy (non-hydrogen) atoms. The third-order valence-corrected chi connectivity index (χ3v) is 3.92. The molecule has 0 spiro atoms. The molecule has 0 atom stereocenters. The summed E-state index contributed by atoms with van der Waals surface area (Å²) in [6, 6.07) is 9.18. The highest BCUT2D eigenvalue weighted by molar-refractivity contribution is 5.32. The van der Waals surface area contributed by atoms with Crippen molar-refractivity contribution in [2.45, 2.75) is 78.1 Å². The van der Waals surface area contributed by atoms with E-state index in [0.717, 1.165) is 0 Å². The third-order valence-electron chi connectivity index (χ3n) is 3.92. The summed E-state index contributed by atoms with van der Waals surface area (Å²) in [5.41, 5.74) is 3.49. The van der Waals surface area contributed by atoms with Crippen LogP contribution >= 0.6 is 0 Å². The van der Waals surface area contributed by atoms with E-state index >= 15 is 0 Å². The van der Waals surface area contributed by atoms with Crippen molar-refractivity contribution in [1.82, 2.24) is 0 Å². The summed E-state index contributed by atoms with van der Waals surface area (Å²) in [5.74, 6) is 0. The molecule has 0 aliphatic carbocycles. The van der Waals surface area contributed by atoms with Crippen molar-refractivity contribution in [3.8, 4) is 0 Å². The fraction of sp³-hybridized carbons (Fsp3) is 0.667. The van der Waals surface area contributed by atoms with Crippen LogP contribution in [0, 0.1) is 0 Å². The van der Waals surface area contributed by atoms with Gasteiger partial charge in [0.25, 0.3) is 0 Å². The molecule has 0 amide bonds. The Morgan fingerprint density at radius 1 is 0.889 bits per heavy atom. The van der Waals surface area contributed by atoms with E-state index in [0.29, 0.717) is 5.41 Å². The molecule has 0 saturated heterocycles. The lowest BCUT2D eigenvalue weighted by Gasteiger charge is -2.28. The average molecular weight is 246 g/mol. The van der Waals surface area contributed by atoms with Gasteiger partial charge in [0, 0.05) is 0 Å². The Kier molecular flexibility index (Phi) is 5.01. The highest BCUT2D eigenvalue weighted by Gasteiger charge is 2.22. The van der Waals surface area contributed by atoms with E-state index in [4.69, 9.17) is 0 Å². The van der Waals surface area contributed by atoms with Gasteiger partial charge in [0.05, 0.1) is 0 Å². The molecule has 102 valence electrons. The van der Waals surface area contributed by atoms with E-state index < -0.39 is 0 Å². The monoisotopic (exact) mass is 246 g/mol. The minimum absolute atomic E-state index is 0.246. The molecule has 0 aromatic heterocycles. The number of rotatable bonds is 5. The molecule has 0 bridgehead atoms. The molecule has 0 unspecified atom stereocenters. The normalized spacial score (nSPS) is 12.8. The molecule has 1 aromatic carbocycles. The van der Waals surface area contributed by atoms with E-state index in [9.17, 15) is 0 Å². The molecule has 1 aromatic rings. The summed E-state index contributed by atoms with van der Waals surface area (Å²) in [7, 11) is 0. The van der Waals surface area contributed by atoms with Gasteiger partial charge in [0.1, 0.15) is 0 Å². The van der Waals surface area contributed by atoms with Gasteiger partial charge in [-0.3, -0.25) is 0 Å². The van der Waals surface area contributed by atoms with Gasteiger partial charge in [-0.25, -0.2) is 0 Å². The summed E-state index contributed by atoms with van der Waals surface area (Å²) in [6.45, 7) is 13.9. The van der Waals surface area contributed by atoms with Gasteiger partial charge in [0.2, 0.25) is 0 Å². The van der Waals surface area contributed by atoms with E-state index in [2.05, 4.69) is 65.8 Å². The predicted molar refractivity (Wildman–Crippen MR) is 82.3 cm³/mol. The standard InChI is InChI=1S/C18H30/c1-7-8-9-13-18(5,6)16-12-10-11-15(14-16)17(2,3)4/h10-12,14H,7-9,13H2,1-6H3. The lowest BCUT2D eigenvalue weighted by atomic mass is 9.77. The SMILES string of the molecule is CCCCCC(C)(C)c1cccc(C(C)(C)C)c1. The maximum absolute atomic E-state index is 2.41. The first kappa shape index (κ1) is 15.3. The molecule has 0 N–H and O–H groups in total. The van der Waals surface area contributed by atoms with Crippen molar-refractivity contribution in [1.29, 1.82) is 0 Å². The van der Waals surface area contributed by atoms with Crippen LogP contribution in [0.15, 0.2) is 24.3 Å². The Morgan fingerprint density at radius 2 is 1.50 bits per heavy atom. The van der Waals surface area contributed by atoms with E-state index in [1.54, 1.807) is 0 Å². The Hall–Kier alpha value is -0.780. The average Bonchev–Trinajstić information content (AvgIpc) is 2.28. The Labute approximate surface area is 114 Å². The number of unbranched alkanes of at least 4 members (excludes halogenated alkanes) is 2. The molecular weight excluding hydrogens is 216 g/mol. The molecule has 0 heteroatoms. The summed E-state index contributed by atoms with van der Waals surface area (Å²) in [5, 5.41) is 0. The van der Waals surface area contributed by atoms with Crippen molar-refractivity contribution in [2.24, 2.45) is 0 Å². The molecule has 0 aliphatic rings.